The lowest BCUT2D eigenvalue weighted by molar-refractivity contribution is 0.604. The number of hydrogen-bond acceptors (Lipinski definition) is 1. The Kier molecular flexibility index (Phi) is 3.83. The molecule has 62 valence electrons. The Morgan fingerprint density at radius 3 is 1.70 bits per heavy atom. The molecule has 0 atom stereocenters. The van der Waals surface area contributed by atoms with Gasteiger partial charge < -0.3 is 4.57 Å². The lowest BCUT2D eigenvalue weighted by Crippen LogP contribution is -2.43. The average Bonchev–Trinajstić information content (AvgIpc) is 1.60. The van der Waals surface area contributed by atoms with Crippen LogP contribution in [0.3, 0.4) is 0 Å². The lowest BCUT2D eigenvalue weighted by atomic mass is 11.2. The minimum absolute atomic E-state index is 0.496. The zero-order chi connectivity index (χ0) is 8.36. The van der Waals surface area contributed by atoms with Gasteiger partial charge in [-0.2, -0.15) is 0 Å². The quantitative estimate of drug-likeness (QED) is 0.591. The summed E-state index contributed by atoms with van der Waals surface area (Å²) < 4.78 is 2.58. The molecule has 0 N–H and O–H groups in total. The van der Waals surface area contributed by atoms with Gasteiger partial charge in [0.1, 0.15) is 8.96 Å². The van der Waals surface area contributed by atoms with Crippen molar-refractivity contribution in [2.45, 2.75) is 32.7 Å². The molecular formula is C7H21NSi2. The molecule has 10 heavy (non-hydrogen) atoms. The monoisotopic (exact) mass is 175 g/mol. The summed E-state index contributed by atoms with van der Waals surface area (Å²) in [5, 5.41) is 0. The van der Waals surface area contributed by atoms with E-state index in [1.165, 1.54) is 6.17 Å². The Labute approximate surface area is 68.1 Å². The summed E-state index contributed by atoms with van der Waals surface area (Å²) in [6.07, 6.45) is 1.37. The highest BCUT2D eigenvalue weighted by Gasteiger charge is 2.17. The van der Waals surface area contributed by atoms with Crippen LogP contribution in [0.4, 0.5) is 0 Å². The second kappa shape index (κ2) is 3.69. The molecule has 1 nitrogen and oxygen atoms in total. The molecule has 0 bridgehead atoms. The lowest BCUT2D eigenvalue weighted by Gasteiger charge is -2.27. The first-order valence-corrected chi connectivity index (χ1v) is 10.6. The van der Waals surface area contributed by atoms with Gasteiger partial charge in [-0.05, 0) is 13.2 Å². The third kappa shape index (κ3) is 5.20. The van der Waals surface area contributed by atoms with Crippen molar-refractivity contribution in [3.8, 4) is 0 Å². The summed E-state index contributed by atoms with van der Waals surface area (Å²) in [6, 6.07) is 0. The van der Waals surface area contributed by atoms with E-state index in [2.05, 4.69) is 44.3 Å². The van der Waals surface area contributed by atoms with E-state index in [9.17, 15) is 0 Å². The molecule has 0 saturated carbocycles. The van der Waals surface area contributed by atoms with Crippen LogP contribution in [-0.2, 0) is 0 Å². The highest BCUT2D eigenvalue weighted by Crippen LogP contribution is 2.03. The van der Waals surface area contributed by atoms with Crippen molar-refractivity contribution in [1.29, 1.82) is 0 Å². The third-order valence-electron chi connectivity index (χ3n) is 1.61. The first-order valence-electron chi connectivity index (χ1n) is 4.03. The van der Waals surface area contributed by atoms with Crippen LogP contribution in [0.1, 0.15) is 0 Å². The Bertz CT molecular complexity index is 96.3. The predicted octanol–water partition coefficient (Wildman–Crippen LogP) is 1.78. The van der Waals surface area contributed by atoms with Crippen LogP contribution in [0.25, 0.3) is 0 Å². The Morgan fingerprint density at radius 2 is 1.60 bits per heavy atom. The summed E-state index contributed by atoms with van der Waals surface area (Å²) in [5.74, 6) is 0. The van der Waals surface area contributed by atoms with Gasteiger partial charge in [-0.25, -0.2) is 0 Å². The highest BCUT2D eigenvalue weighted by molar-refractivity contribution is 6.77. The van der Waals surface area contributed by atoms with Crippen molar-refractivity contribution in [3.63, 3.8) is 0 Å². The number of rotatable bonds is 3. The molecule has 0 spiro atoms. The van der Waals surface area contributed by atoms with Gasteiger partial charge in [-0.15, -0.1) is 0 Å². The summed E-state index contributed by atoms with van der Waals surface area (Å²) in [6.45, 7) is 12.1. The zero-order valence-electron chi connectivity index (χ0n) is 8.23. The van der Waals surface area contributed by atoms with E-state index in [1.54, 1.807) is 0 Å². The number of nitrogens with zero attached hydrogens (tertiary/aromatic N) is 1. The van der Waals surface area contributed by atoms with Gasteiger partial charge in [0.2, 0.25) is 0 Å². The van der Waals surface area contributed by atoms with Gasteiger partial charge in [0, 0.05) is 0 Å². The number of hydrogen-bond donors (Lipinski definition) is 0. The topological polar surface area (TPSA) is 3.24 Å². The molecule has 3 heteroatoms. The first kappa shape index (κ1) is 10.4. The van der Waals surface area contributed by atoms with Crippen molar-refractivity contribution in [2.24, 2.45) is 0 Å². The fourth-order valence-corrected chi connectivity index (χ4v) is 5.53. The SMILES string of the molecule is CN(C[Si](C)(C)C)[SiH](C)C. The van der Waals surface area contributed by atoms with Crippen LogP contribution >= 0.6 is 0 Å². The molecule has 0 unspecified atom stereocenters. The summed E-state index contributed by atoms with van der Waals surface area (Å²) >= 11 is 0. The van der Waals surface area contributed by atoms with Crippen molar-refractivity contribution in [1.82, 2.24) is 4.57 Å². The van der Waals surface area contributed by atoms with Crippen LogP contribution < -0.4 is 0 Å². The van der Waals surface area contributed by atoms with Crippen molar-refractivity contribution < 1.29 is 0 Å². The molecule has 0 radical (unpaired) electrons. The third-order valence-corrected chi connectivity index (χ3v) is 5.36. The van der Waals surface area contributed by atoms with Crippen molar-refractivity contribution >= 4 is 17.0 Å². The van der Waals surface area contributed by atoms with Crippen LogP contribution in [0, 0.1) is 0 Å². The Balaban J connectivity index is 3.68. The van der Waals surface area contributed by atoms with E-state index < -0.39 is 17.0 Å². The average molecular weight is 175 g/mol. The zero-order valence-corrected chi connectivity index (χ0v) is 10.4. The molecule has 0 aromatic heterocycles. The predicted molar refractivity (Wildman–Crippen MR) is 54.9 cm³/mol. The molecule has 0 fully saturated rings. The molecule has 0 aromatic rings. The van der Waals surface area contributed by atoms with Crippen molar-refractivity contribution in [2.75, 3.05) is 13.2 Å². The molecule has 0 aromatic carbocycles. The van der Waals surface area contributed by atoms with Crippen LogP contribution in [0.5, 0.6) is 0 Å². The van der Waals surface area contributed by atoms with Gasteiger partial charge in [0.05, 0.1) is 8.07 Å². The van der Waals surface area contributed by atoms with Crippen LogP contribution in [-0.4, -0.2) is 34.8 Å². The van der Waals surface area contributed by atoms with Gasteiger partial charge in [0.25, 0.3) is 0 Å². The van der Waals surface area contributed by atoms with Crippen LogP contribution in [0.15, 0.2) is 0 Å². The van der Waals surface area contributed by atoms with Gasteiger partial charge >= 0.3 is 0 Å². The van der Waals surface area contributed by atoms with E-state index in [0.717, 1.165) is 0 Å². The standard InChI is InChI=1S/C7H21NSi2/c1-8(9(2)3)7-10(4,5)6/h9H,7H2,1-6H3. The van der Waals surface area contributed by atoms with Crippen molar-refractivity contribution in [3.05, 3.63) is 0 Å². The molecule has 0 aliphatic heterocycles. The maximum atomic E-state index is 2.58. The maximum absolute atomic E-state index is 2.58. The Morgan fingerprint density at radius 1 is 1.20 bits per heavy atom. The van der Waals surface area contributed by atoms with Crippen LogP contribution in [0.2, 0.25) is 32.7 Å². The van der Waals surface area contributed by atoms with Gasteiger partial charge in [0.15, 0.2) is 0 Å². The molecule has 0 aliphatic rings. The smallest absolute Gasteiger partial charge is 0.105 e. The summed E-state index contributed by atoms with van der Waals surface area (Å²) in [4.78, 5) is 0. The highest BCUT2D eigenvalue weighted by atomic mass is 28.3. The largest absolute Gasteiger partial charge is 0.332 e. The van der Waals surface area contributed by atoms with Gasteiger partial charge in [-0.1, -0.05) is 32.7 Å². The molecule has 0 saturated heterocycles. The fourth-order valence-electron chi connectivity index (χ4n) is 0.931. The van der Waals surface area contributed by atoms with E-state index in [4.69, 9.17) is 0 Å². The molecule has 0 amide bonds. The minimum Gasteiger partial charge on any atom is -0.332 e. The maximum Gasteiger partial charge on any atom is 0.105 e. The summed E-state index contributed by atoms with van der Waals surface area (Å²) in [7, 11) is 0.954. The fraction of sp³-hybridized carbons (Fsp3) is 1.00. The summed E-state index contributed by atoms with van der Waals surface area (Å²) in [5.41, 5.74) is 0. The molecule has 0 rings (SSSR count). The molecular weight excluding hydrogens is 154 g/mol. The minimum atomic E-state index is -0.822. The van der Waals surface area contributed by atoms with Gasteiger partial charge in [-0.3, -0.25) is 0 Å². The van der Waals surface area contributed by atoms with E-state index in [0.29, 0.717) is 0 Å². The van der Waals surface area contributed by atoms with E-state index in [1.807, 2.05) is 0 Å². The second-order valence-corrected chi connectivity index (χ2v) is 13.1. The van der Waals surface area contributed by atoms with E-state index >= 15 is 0 Å². The Hall–Kier alpha value is 0.394. The second-order valence-electron chi connectivity index (χ2n) is 4.57. The normalized spacial score (nSPS) is 13.2. The molecule has 0 aliphatic carbocycles. The molecule has 0 heterocycles. The first-order chi connectivity index (χ1) is 4.33. The van der Waals surface area contributed by atoms with E-state index in [-0.39, 0.29) is 0 Å².